The third kappa shape index (κ3) is 2.82. The van der Waals surface area contributed by atoms with E-state index in [1.807, 2.05) is 6.08 Å². The summed E-state index contributed by atoms with van der Waals surface area (Å²) in [5, 5.41) is 12.0. The molecule has 0 aliphatic carbocycles. The SMILES string of the molecule is C=CCN1C(C)CNCC1CC(=O)O. The van der Waals surface area contributed by atoms with E-state index in [1.54, 1.807) is 0 Å². The van der Waals surface area contributed by atoms with Crippen LogP contribution >= 0.6 is 0 Å². The summed E-state index contributed by atoms with van der Waals surface area (Å²) < 4.78 is 0. The number of piperazine rings is 1. The molecule has 0 aromatic carbocycles. The lowest BCUT2D eigenvalue weighted by molar-refractivity contribution is -0.138. The summed E-state index contributed by atoms with van der Waals surface area (Å²) in [6, 6.07) is 0.473. The molecule has 4 nitrogen and oxygen atoms in total. The van der Waals surface area contributed by atoms with Crippen molar-refractivity contribution in [3.63, 3.8) is 0 Å². The quantitative estimate of drug-likeness (QED) is 0.638. The molecule has 0 aromatic rings. The molecular weight excluding hydrogens is 180 g/mol. The standard InChI is InChI=1S/C10H18N2O2/c1-3-4-12-8(2)6-11-7-9(12)5-10(13)14/h3,8-9,11H,1,4-7H2,2H3,(H,13,14). The first-order valence-corrected chi connectivity index (χ1v) is 4.94. The van der Waals surface area contributed by atoms with E-state index >= 15 is 0 Å². The summed E-state index contributed by atoms with van der Waals surface area (Å²) in [5.74, 6) is -0.736. The fourth-order valence-corrected chi connectivity index (χ4v) is 1.92. The summed E-state index contributed by atoms with van der Waals surface area (Å²) in [5.41, 5.74) is 0. The third-order valence-corrected chi connectivity index (χ3v) is 2.61. The van der Waals surface area contributed by atoms with Gasteiger partial charge in [-0.15, -0.1) is 6.58 Å². The Kier molecular flexibility index (Phi) is 4.10. The van der Waals surface area contributed by atoms with Crippen LogP contribution in [0.15, 0.2) is 12.7 Å². The Balaban J connectivity index is 2.58. The summed E-state index contributed by atoms with van der Waals surface area (Å²) in [6.07, 6.45) is 2.03. The van der Waals surface area contributed by atoms with Gasteiger partial charge in [0.15, 0.2) is 0 Å². The molecule has 1 rings (SSSR count). The molecule has 1 aliphatic rings. The Morgan fingerprint density at radius 2 is 2.43 bits per heavy atom. The predicted octanol–water partition coefficient (Wildman–Crippen LogP) is 0.309. The zero-order valence-electron chi connectivity index (χ0n) is 8.57. The van der Waals surface area contributed by atoms with Gasteiger partial charge < -0.3 is 10.4 Å². The van der Waals surface area contributed by atoms with Crippen molar-refractivity contribution in [2.45, 2.75) is 25.4 Å². The van der Waals surface area contributed by atoms with Crippen LogP contribution in [-0.2, 0) is 4.79 Å². The van der Waals surface area contributed by atoms with Gasteiger partial charge in [-0.05, 0) is 6.92 Å². The van der Waals surface area contributed by atoms with E-state index in [2.05, 4.69) is 23.7 Å². The molecule has 0 bridgehead atoms. The normalized spacial score (nSPS) is 28.6. The number of nitrogens with zero attached hydrogens (tertiary/aromatic N) is 1. The summed E-state index contributed by atoms with van der Waals surface area (Å²) in [6.45, 7) is 8.23. The Morgan fingerprint density at radius 1 is 1.71 bits per heavy atom. The first-order valence-electron chi connectivity index (χ1n) is 4.94. The molecule has 0 radical (unpaired) electrons. The Hall–Kier alpha value is -0.870. The number of rotatable bonds is 4. The molecule has 2 N–H and O–H groups in total. The summed E-state index contributed by atoms with van der Waals surface area (Å²) >= 11 is 0. The molecule has 4 heteroatoms. The molecule has 1 saturated heterocycles. The van der Waals surface area contributed by atoms with E-state index in [4.69, 9.17) is 5.11 Å². The average Bonchev–Trinajstić information content (AvgIpc) is 2.10. The van der Waals surface area contributed by atoms with Crippen LogP contribution in [0.4, 0.5) is 0 Å². The highest BCUT2D eigenvalue weighted by Crippen LogP contribution is 2.12. The van der Waals surface area contributed by atoms with Crippen LogP contribution in [0.2, 0.25) is 0 Å². The lowest BCUT2D eigenvalue weighted by Crippen LogP contribution is -2.56. The second kappa shape index (κ2) is 5.12. The maximum absolute atomic E-state index is 10.6. The van der Waals surface area contributed by atoms with Crippen LogP contribution in [0.5, 0.6) is 0 Å². The number of nitrogens with one attached hydrogen (secondary N) is 1. The highest BCUT2D eigenvalue weighted by atomic mass is 16.4. The van der Waals surface area contributed by atoms with Crippen molar-refractivity contribution in [3.8, 4) is 0 Å². The van der Waals surface area contributed by atoms with E-state index in [1.165, 1.54) is 0 Å². The van der Waals surface area contributed by atoms with Crippen LogP contribution < -0.4 is 5.32 Å². The van der Waals surface area contributed by atoms with E-state index in [9.17, 15) is 4.79 Å². The first-order chi connectivity index (χ1) is 6.65. The lowest BCUT2D eigenvalue weighted by atomic mass is 10.1. The zero-order valence-corrected chi connectivity index (χ0v) is 8.57. The Labute approximate surface area is 84.6 Å². The van der Waals surface area contributed by atoms with E-state index < -0.39 is 5.97 Å². The molecule has 0 amide bonds. The predicted molar refractivity (Wildman–Crippen MR) is 55.3 cm³/mol. The fraction of sp³-hybridized carbons (Fsp3) is 0.700. The smallest absolute Gasteiger partial charge is 0.304 e. The molecule has 1 aliphatic heterocycles. The maximum atomic E-state index is 10.6. The van der Waals surface area contributed by atoms with Gasteiger partial charge in [0.2, 0.25) is 0 Å². The number of carboxylic acid groups (broad SMARTS) is 1. The van der Waals surface area contributed by atoms with Crippen LogP contribution in [0.1, 0.15) is 13.3 Å². The first kappa shape index (κ1) is 11.2. The van der Waals surface area contributed by atoms with Gasteiger partial charge in [0, 0.05) is 31.7 Å². The van der Waals surface area contributed by atoms with Crippen molar-refractivity contribution >= 4 is 5.97 Å². The molecular formula is C10H18N2O2. The highest BCUT2D eigenvalue weighted by Gasteiger charge is 2.27. The molecule has 0 saturated carbocycles. The average molecular weight is 198 g/mol. The molecule has 1 heterocycles. The van der Waals surface area contributed by atoms with Crippen molar-refractivity contribution < 1.29 is 9.90 Å². The molecule has 1 fully saturated rings. The van der Waals surface area contributed by atoms with Crippen molar-refractivity contribution in [1.29, 1.82) is 0 Å². The van der Waals surface area contributed by atoms with Gasteiger partial charge in [-0.2, -0.15) is 0 Å². The summed E-state index contributed by atoms with van der Waals surface area (Å²) in [7, 11) is 0. The third-order valence-electron chi connectivity index (χ3n) is 2.61. The number of aliphatic carboxylic acids is 1. The molecule has 0 aromatic heterocycles. The summed E-state index contributed by atoms with van der Waals surface area (Å²) in [4.78, 5) is 12.8. The highest BCUT2D eigenvalue weighted by molar-refractivity contribution is 5.67. The molecule has 2 atom stereocenters. The minimum Gasteiger partial charge on any atom is -0.481 e. The molecule has 14 heavy (non-hydrogen) atoms. The maximum Gasteiger partial charge on any atom is 0.304 e. The van der Waals surface area contributed by atoms with Crippen molar-refractivity contribution in [2.24, 2.45) is 0 Å². The van der Waals surface area contributed by atoms with Crippen LogP contribution in [-0.4, -0.2) is 47.7 Å². The van der Waals surface area contributed by atoms with Crippen molar-refractivity contribution in [1.82, 2.24) is 10.2 Å². The molecule has 0 spiro atoms. The molecule has 80 valence electrons. The van der Waals surface area contributed by atoms with Gasteiger partial charge in [-0.25, -0.2) is 0 Å². The van der Waals surface area contributed by atoms with E-state index in [0.29, 0.717) is 6.04 Å². The minimum absolute atomic E-state index is 0.0919. The van der Waals surface area contributed by atoms with Gasteiger partial charge >= 0.3 is 5.97 Å². The van der Waals surface area contributed by atoms with E-state index in [0.717, 1.165) is 19.6 Å². The Bertz CT molecular complexity index is 218. The second-order valence-electron chi connectivity index (χ2n) is 3.74. The van der Waals surface area contributed by atoms with Crippen LogP contribution in [0, 0.1) is 0 Å². The largest absolute Gasteiger partial charge is 0.481 e. The minimum atomic E-state index is -0.736. The van der Waals surface area contributed by atoms with Gasteiger partial charge in [0.05, 0.1) is 6.42 Å². The van der Waals surface area contributed by atoms with E-state index in [-0.39, 0.29) is 12.5 Å². The fourth-order valence-electron chi connectivity index (χ4n) is 1.92. The van der Waals surface area contributed by atoms with Gasteiger partial charge in [0.25, 0.3) is 0 Å². The van der Waals surface area contributed by atoms with Crippen molar-refractivity contribution in [3.05, 3.63) is 12.7 Å². The van der Waals surface area contributed by atoms with Gasteiger partial charge in [-0.3, -0.25) is 9.69 Å². The zero-order chi connectivity index (χ0) is 10.6. The van der Waals surface area contributed by atoms with Crippen molar-refractivity contribution in [2.75, 3.05) is 19.6 Å². The molecule has 2 unspecified atom stereocenters. The second-order valence-corrected chi connectivity index (χ2v) is 3.74. The number of hydrogen-bond donors (Lipinski definition) is 2. The van der Waals surface area contributed by atoms with Crippen LogP contribution in [0.3, 0.4) is 0 Å². The monoisotopic (exact) mass is 198 g/mol. The number of hydrogen-bond acceptors (Lipinski definition) is 3. The lowest BCUT2D eigenvalue weighted by Gasteiger charge is -2.39. The Morgan fingerprint density at radius 3 is 3.00 bits per heavy atom. The van der Waals surface area contributed by atoms with Gasteiger partial charge in [0.1, 0.15) is 0 Å². The topological polar surface area (TPSA) is 52.6 Å². The number of carbonyl (C=O) groups is 1. The van der Waals surface area contributed by atoms with Gasteiger partial charge in [-0.1, -0.05) is 6.08 Å². The van der Waals surface area contributed by atoms with Crippen LogP contribution in [0.25, 0.3) is 0 Å². The number of carboxylic acids is 1.